The van der Waals surface area contributed by atoms with Crippen LogP contribution in [0.5, 0.6) is 0 Å². The van der Waals surface area contributed by atoms with E-state index in [9.17, 15) is 9.90 Å². The molecule has 4 nitrogen and oxygen atoms in total. The van der Waals surface area contributed by atoms with Crippen LogP contribution in [-0.4, -0.2) is 20.4 Å². The van der Waals surface area contributed by atoms with E-state index in [1.807, 2.05) is 46.0 Å². The molecule has 195 valence electrons. The number of rotatable bonds is 7. The smallest absolute Gasteiger partial charge is 0.162 e. The van der Waals surface area contributed by atoms with E-state index in [0.29, 0.717) is 0 Å². The molecule has 1 radical (unpaired) electrons. The number of nitrogens with zero attached hydrogens (tertiary/aromatic N) is 2. The molecular weight excluding hydrogens is 625 g/mol. The molecule has 0 saturated heterocycles. The fourth-order valence-corrected chi connectivity index (χ4v) is 5.03. The quantitative estimate of drug-likeness (QED) is 0.0940. The molecule has 0 saturated carbocycles. The summed E-state index contributed by atoms with van der Waals surface area (Å²) in [4.78, 5) is 16.3. The van der Waals surface area contributed by atoms with Crippen LogP contribution in [0.1, 0.15) is 64.8 Å². The maximum absolute atomic E-state index is 11.7. The summed E-state index contributed by atoms with van der Waals surface area (Å²) >= 11 is 0. The summed E-state index contributed by atoms with van der Waals surface area (Å²) in [5.74, 6) is 0.547. The van der Waals surface area contributed by atoms with Crippen molar-refractivity contribution in [3.05, 3.63) is 65.8 Å². The molecule has 0 bridgehead atoms. The Bertz CT molecular complexity index is 1280. The Balaban J connectivity index is 0.000000260. The molecule has 0 aliphatic heterocycles. The Morgan fingerprint density at radius 1 is 0.972 bits per heavy atom. The number of aliphatic hydroxyl groups is 1. The second-order valence-corrected chi connectivity index (χ2v) is 9.34. The SMILES string of the molecule is CCC(CC)C(=O)/C=C(\O)C(CC)CC.Cc1c2c3ccc[c-]c3c3ncccc3c2c(C)n1C.[Ir]. The van der Waals surface area contributed by atoms with Crippen molar-refractivity contribution in [1.82, 2.24) is 9.55 Å². The third kappa shape index (κ3) is 5.74. The maximum atomic E-state index is 11.7. The van der Waals surface area contributed by atoms with Gasteiger partial charge in [-0.25, -0.2) is 0 Å². The maximum Gasteiger partial charge on any atom is 0.162 e. The molecule has 2 heterocycles. The summed E-state index contributed by atoms with van der Waals surface area (Å²) in [6, 6.07) is 13.7. The van der Waals surface area contributed by atoms with Crippen molar-refractivity contribution in [2.45, 2.75) is 67.2 Å². The summed E-state index contributed by atoms with van der Waals surface area (Å²) in [6.07, 6.45) is 6.77. The van der Waals surface area contributed by atoms with Gasteiger partial charge in [0.2, 0.25) is 0 Å². The number of carbonyl (C=O) groups is 1. The van der Waals surface area contributed by atoms with Crippen molar-refractivity contribution in [3.63, 3.8) is 0 Å². The Labute approximate surface area is 229 Å². The predicted molar refractivity (Wildman–Crippen MR) is 148 cm³/mol. The molecule has 5 heteroatoms. The Morgan fingerprint density at radius 2 is 1.53 bits per heavy atom. The normalized spacial score (nSPS) is 11.8. The molecule has 0 amide bonds. The number of aryl methyl sites for hydroxylation is 2. The first kappa shape index (κ1) is 29.7. The van der Waals surface area contributed by atoms with E-state index in [0.717, 1.165) is 36.6 Å². The van der Waals surface area contributed by atoms with Gasteiger partial charge < -0.3 is 14.7 Å². The monoisotopic (exact) mass is 664 g/mol. The van der Waals surface area contributed by atoms with Crippen LogP contribution < -0.4 is 0 Å². The van der Waals surface area contributed by atoms with Crippen LogP contribution in [0, 0.1) is 31.7 Å². The molecule has 0 atom stereocenters. The van der Waals surface area contributed by atoms with Crippen LogP contribution in [-0.2, 0) is 31.9 Å². The zero-order valence-electron chi connectivity index (χ0n) is 22.6. The van der Waals surface area contributed by atoms with Gasteiger partial charge >= 0.3 is 0 Å². The van der Waals surface area contributed by atoms with E-state index in [1.165, 1.54) is 39.0 Å². The number of aliphatic hydroxyl groups excluding tert-OH is 1. The van der Waals surface area contributed by atoms with Gasteiger partial charge in [-0.2, -0.15) is 0 Å². The minimum atomic E-state index is 0. The van der Waals surface area contributed by atoms with E-state index < -0.39 is 0 Å². The van der Waals surface area contributed by atoms with E-state index in [-0.39, 0.29) is 43.5 Å². The zero-order valence-corrected chi connectivity index (χ0v) is 25.0. The third-order valence-electron chi connectivity index (χ3n) is 7.50. The van der Waals surface area contributed by atoms with E-state index in [1.54, 1.807) is 0 Å². The van der Waals surface area contributed by atoms with E-state index >= 15 is 0 Å². The standard InChI is InChI=1S/C18H15N2.C13H24O2.Ir/c1-11-16-13-7-4-5-8-14(13)18-15(9-6-10-19-18)17(16)12(2)20(11)3;1-5-10(6-2)12(14)9-13(15)11(7-3)8-4;/h4-7,9-10H,1-3H3;9-11,14H,5-8H2,1-4H3;/q-1;;/b;12-9-;. The van der Waals surface area contributed by atoms with Gasteiger partial charge in [-0.3, -0.25) is 4.79 Å². The number of hydrogen-bond acceptors (Lipinski definition) is 3. The first-order chi connectivity index (χ1) is 16.8. The summed E-state index contributed by atoms with van der Waals surface area (Å²) in [6.45, 7) is 12.4. The van der Waals surface area contributed by atoms with Crippen molar-refractivity contribution >= 4 is 38.2 Å². The number of ketones is 1. The van der Waals surface area contributed by atoms with Crippen LogP contribution >= 0.6 is 0 Å². The second kappa shape index (κ2) is 13.2. The molecule has 0 spiro atoms. The molecule has 0 unspecified atom stereocenters. The van der Waals surface area contributed by atoms with Gasteiger partial charge in [-0.1, -0.05) is 39.1 Å². The third-order valence-corrected chi connectivity index (χ3v) is 7.50. The average molecular weight is 664 g/mol. The van der Waals surface area contributed by atoms with Crippen molar-refractivity contribution in [1.29, 1.82) is 0 Å². The average Bonchev–Trinajstić information content (AvgIpc) is 3.10. The predicted octanol–water partition coefficient (Wildman–Crippen LogP) is 8.16. The second-order valence-electron chi connectivity index (χ2n) is 9.34. The van der Waals surface area contributed by atoms with Crippen molar-refractivity contribution in [3.8, 4) is 0 Å². The number of aromatic nitrogens is 2. The van der Waals surface area contributed by atoms with Gasteiger partial charge in [-0.15, -0.1) is 29.7 Å². The molecule has 36 heavy (non-hydrogen) atoms. The van der Waals surface area contributed by atoms with Gasteiger partial charge in [0.1, 0.15) is 0 Å². The minimum Gasteiger partial charge on any atom is -0.512 e. The van der Waals surface area contributed by atoms with E-state index in [2.05, 4.69) is 54.7 Å². The number of hydrogen-bond donors (Lipinski definition) is 1. The fourth-order valence-electron chi connectivity index (χ4n) is 5.03. The van der Waals surface area contributed by atoms with Crippen LogP contribution in [0.4, 0.5) is 0 Å². The molecule has 0 aliphatic carbocycles. The largest absolute Gasteiger partial charge is 0.512 e. The zero-order chi connectivity index (χ0) is 25.7. The van der Waals surface area contributed by atoms with Crippen LogP contribution in [0.25, 0.3) is 32.4 Å². The minimum absolute atomic E-state index is 0. The number of fused-ring (bicyclic) bond motifs is 6. The molecule has 4 rings (SSSR count). The van der Waals surface area contributed by atoms with E-state index in [4.69, 9.17) is 0 Å². The number of benzene rings is 2. The molecule has 0 aliphatic rings. The summed E-state index contributed by atoms with van der Waals surface area (Å²) < 4.78 is 2.27. The van der Waals surface area contributed by atoms with Crippen LogP contribution in [0.2, 0.25) is 0 Å². The summed E-state index contributed by atoms with van der Waals surface area (Å²) in [5.41, 5.74) is 3.64. The van der Waals surface area contributed by atoms with Gasteiger partial charge in [0.05, 0.1) is 5.76 Å². The molecular formula is C31H39IrN2O2-. The molecule has 0 fully saturated rings. The number of pyridine rings is 1. The van der Waals surface area contributed by atoms with Gasteiger partial charge in [0.25, 0.3) is 0 Å². The molecule has 2 aromatic heterocycles. The molecule has 1 N–H and O–H groups in total. The van der Waals surface area contributed by atoms with Crippen LogP contribution in [0.15, 0.2) is 48.4 Å². The Kier molecular flexibility index (Phi) is 10.9. The van der Waals surface area contributed by atoms with Crippen molar-refractivity contribution in [2.75, 3.05) is 0 Å². The Morgan fingerprint density at radius 3 is 2.11 bits per heavy atom. The summed E-state index contributed by atoms with van der Waals surface area (Å²) in [5, 5.41) is 16.0. The number of carbonyl (C=O) groups excluding carboxylic acids is 1. The first-order valence-corrected chi connectivity index (χ1v) is 12.9. The van der Waals surface area contributed by atoms with Crippen molar-refractivity contribution in [2.24, 2.45) is 18.9 Å². The Hall–Kier alpha value is -2.49. The van der Waals surface area contributed by atoms with Gasteiger partial charge in [0.15, 0.2) is 5.78 Å². The first-order valence-electron chi connectivity index (χ1n) is 12.9. The topological polar surface area (TPSA) is 55.1 Å². The van der Waals surface area contributed by atoms with Gasteiger partial charge in [-0.05, 0) is 67.3 Å². The molecule has 4 aromatic rings. The van der Waals surface area contributed by atoms with Crippen LogP contribution in [0.3, 0.4) is 0 Å². The van der Waals surface area contributed by atoms with Crippen molar-refractivity contribution < 1.29 is 30.0 Å². The fraction of sp³-hybridized carbons (Fsp3) is 0.419. The molecule has 2 aromatic carbocycles. The number of allylic oxidation sites excluding steroid dienone is 2. The van der Waals surface area contributed by atoms with Gasteiger partial charge in [0, 0.05) is 62.6 Å². The summed E-state index contributed by atoms with van der Waals surface area (Å²) in [7, 11) is 2.13.